The highest BCUT2D eigenvalue weighted by Crippen LogP contribution is 2.22. The Morgan fingerprint density at radius 3 is 3.19 bits per heavy atom. The molecule has 1 aliphatic rings. The fraction of sp³-hybridized carbons (Fsp3) is 0.286. The topological polar surface area (TPSA) is 79.0 Å². The highest BCUT2D eigenvalue weighted by Gasteiger charge is 2.25. The van der Waals surface area contributed by atoms with Crippen LogP contribution in [0.5, 0.6) is 5.75 Å². The van der Waals surface area contributed by atoms with Crippen LogP contribution in [0.25, 0.3) is 0 Å². The zero-order valence-electron chi connectivity index (χ0n) is 11.4. The number of anilines is 1. The molecule has 2 aromatic rings. The summed E-state index contributed by atoms with van der Waals surface area (Å²) in [4.78, 5) is 19.5. The average Bonchev–Trinajstić information content (AvgIpc) is 2.96. The number of hydrogen-bond acceptors (Lipinski definition) is 4. The van der Waals surface area contributed by atoms with Gasteiger partial charge < -0.3 is 15.0 Å². The maximum Gasteiger partial charge on any atom is 0.241 e. The van der Waals surface area contributed by atoms with Crippen molar-refractivity contribution in [1.82, 2.24) is 15.3 Å². The van der Waals surface area contributed by atoms with Crippen molar-refractivity contribution in [3.63, 3.8) is 0 Å². The van der Waals surface area contributed by atoms with Gasteiger partial charge in [-0.1, -0.05) is 0 Å². The number of carbonyl (C=O) groups excluding carboxylic acids is 1. The number of halogens is 1. The molecule has 0 aliphatic carbocycles. The smallest absolute Gasteiger partial charge is 0.241 e. The van der Waals surface area contributed by atoms with Crippen LogP contribution in [0.2, 0.25) is 0 Å². The van der Waals surface area contributed by atoms with Crippen molar-refractivity contribution >= 4 is 11.6 Å². The van der Waals surface area contributed by atoms with Crippen molar-refractivity contribution in [2.45, 2.75) is 19.0 Å². The van der Waals surface area contributed by atoms with E-state index in [1.165, 1.54) is 25.3 Å². The summed E-state index contributed by atoms with van der Waals surface area (Å²) in [7, 11) is 1.38. The molecule has 1 aromatic heterocycles. The number of methoxy groups -OCH3 is 1. The van der Waals surface area contributed by atoms with Crippen LogP contribution in [0.3, 0.4) is 0 Å². The Hall–Kier alpha value is -2.41. The molecular weight excluding hydrogens is 275 g/mol. The molecule has 1 atom stereocenters. The van der Waals surface area contributed by atoms with Crippen LogP contribution >= 0.6 is 0 Å². The van der Waals surface area contributed by atoms with Gasteiger partial charge in [0.2, 0.25) is 5.91 Å². The van der Waals surface area contributed by atoms with E-state index in [1.807, 2.05) is 0 Å². The van der Waals surface area contributed by atoms with Crippen LogP contribution in [0, 0.1) is 5.82 Å². The van der Waals surface area contributed by atoms with Gasteiger partial charge in [-0.15, -0.1) is 0 Å². The minimum atomic E-state index is -0.465. The third-order valence-electron chi connectivity index (χ3n) is 3.47. The normalized spacial score (nSPS) is 17.1. The van der Waals surface area contributed by atoms with Crippen LogP contribution in [-0.2, 0) is 17.8 Å². The van der Waals surface area contributed by atoms with Gasteiger partial charge in [0.25, 0.3) is 0 Å². The molecule has 6 nitrogen and oxygen atoms in total. The molecule has 110 valence electrons. The number of rotatable bonds is 3. The monoisotopic (exact) mass is 290 g/mol. The van der Waals surface area contributed by atoms with Crippen LogP contribution in [0.15, 0.2) is 24.5 Å². The molecule has 7 heteroatoms. The predicted octanol–water partition coefficient (Wildman–Crippen LogP) is 1.21. The molecule has 0 bridgehead atoms. The summed E-state index contributed by atoms with van der Waals surface area (Å²) >= 11 is 0. The standard InChI is InChI=1S/C14H15FN4O2/c1-21-13-4-8(2-3-9(13)15)19-14(20)11-5-10-12(6-16-11)18-7-17-10/h2-4,7,11,16H,5-6H2,1H3,(H,17,18)(H,19,20). The number of fused-ring (bicyclic) bond motifs is 1. The van der Waals surface area contributed by atoms with Gasteiger partial charge in [-0.05, 0) is 12.1 Å². The molecule has 0 spiro atoms. The largest absolute Gasteiger partial charge is 0.494 e. The number of hydrogen-bond donors (Lipinski definition) is 3. The van der Waals surface area contributed by atoms with Crippen LogP contribution in [0.1, 0.15) is 11.4 Å². The summed E-state index contributed by atoms with van der Waals surface area (Å²) < 4.78 is 18.2. The van der Waals surface area contributed by atoms with Gasteiger partial charge >= 0.3 is 0 Å². The molecule has 1 aliphatic heterocycles. The Bertz CT molecular complexity index is 671. The number of H-pyrrole nitrogens is 1. The number of aromatic nitrogens is 2. The summed E-state index contributed by atoms with van der Waals surface area (Å²) in [6.45, 7) is 0.570. The lowest BCUT2D eigenvalue weighted by atomic mass is 10.0. The van der Waals surface area contributed by atoms with E-state index in [1.54, 1.807) is 6.33 Å². The lowest BCUT2D eigenvalue weighted by Gasteiger charge is -2.22. The summed E-state index contributed by atoms with van der Waals surface area (Å²) in [5.41, 5.74) is 2.39. The van der Waals surface area contributed by atoms with Crippen LogP contribution < -0.4 is 15.4 Å². The van der Waals surface area contributed by atoms with Crippen molar-refractivity contribution in [3.8, 4) is 5.75 Å². The van der Waals surface area contributed by atoms with E-state index in [9.17, 15) is 9.18 Å². The Morgan fingerprint density at radius 2 is 2.38 bits per heavy atom. The lowest BCUT2D eigenvalue weighted by Crippen LogP contribution is -2.44. The number of aromatic amines is 1. The van der Waals surface area contributed by atoms with Gasteiger partial charge in [0.05, 0.1) is 30.9 Å². The molecule has 1 unspecified atom stereocenters. The number of amides is 1. The maximum absolute atomic E-state index is 13.3. The van der Waals surface area contributed by atoms with Crippen LogP contribution in [0.4, 0.5) is 10.1 Å². The third-order valence-corrected chi connectivity index (χ3v) is 3.47. The zero-order chi connectivity index (χ0) is 14.8. The van der Waals surface area contributed by atoms with Gasteiger partial charge in [-0.2, -0.15) is 0 Å². The first-order valence-electron chi connectivity index (χ1n) is 6.56. The van der Waals surface area contributed by atoms with Gasteiger partial charge in [-0.3, -0.25) is 10.1 Å². The average molecular weight is 290 g/mol. The maximum atomic E-state index is 13.3. The van der Waals surface area contributed by atoms with Crippen molar-refractivity contribution in [2.75, 3.05) is 12.4 Å². The summed E-state index contributed by atoms with van der Waals surface area (Å²) in [6.07, 6.45) is 2.14. The van der Waals surface area contributed by atoms with Crippen molar-refractivity contribution < 1.29 is 13.9 Å². The zero-order valence-corrected chi connectivity index (χ0v) is 11.4. The molecule has 2 heterocycles. The first-order chi connectivity index (χ1) is 10.2. The number of nitrogens with one attached hydrogen (secondary N) is 3. The number of imidazole rings is 1. The van der Waals surface area contributed by atoms with E-state index in [2.05, 4.69) is 20.6 Å². The fourth-order valence-corrected chi connectivity index (χ4v) is 2.32. The fourth-order valence-electron chi connectivity index (χ4n) is 2.32. The van der Waals surface area contributed by atoms with E-state index in [4.69, 9.17) is 4.74 Å². The highest BCUT2D eigenvalue weighted by molar-refractivity contribution is 5.95. The second-order valence-corrected chi connectivity index (χ2v) is 4.80. The quantitative estimate of drug-likeness (QED) is 0.794. The SMILES string of the molecule is COc1cc(NC(=O)C2Cc3nc[nH]c3CN2)ccc1F. The molecule has 21 heavy (non-hydrogen) atoms. The van der Waals surface area contributed by atoms with Crippen molar-refractivity contribution in [3.05, 3.63) is 41.7 Å². The minimum Gasteiger partial charge on any atom is -0.494 e. The molecule has 0 saturated carbocycles. The Morgan fingerprint density at radius 1 is 1.52 bits per heavy atom. The van der Waals surface area contributed by atoms with Crippen molar-refractivity contribution in [2.24, 2.45) is 0 Å². The Kier molecular flexibility index (Phi) is 3.57. The Labute approximate surface area is 120 Å². The number of ether oxygens (including phenoxy) is 1. The van der Waals surface area contributed by atoms with Gasteiger partial charge in [0.15, 0.2) is 11.6 Å². The molecule has 0 fully saturated rings. The van der Waals surface area contributed by atoms with E-state index >= 15 is 0 Å². The lowest BCUT2D eigenvalue weighted by molar-refractivity contribution is -0.118. The summed E-state index contributed by atoms with van der Waals surface area (Å²) in [5, 5.41) is 5.88. The molecular formula is C14H15FN4O2. The van der Waals surface area contributed by atoms with E-state index in [-0.39, 0.29) is 17.7 Å². The van der Waals surface area contributed by atoms with Gasteiger partial charge in [0.1, 0.15) is 0 Å². The summed E-state index contributed by atoms with van der Waals surface area (Å²) in [5.74, 6) is -0.552. The second kappa shape index (κ2) is 5.53. The first kappa shape index (κ1) is 13.6. The van der Waals surface area contributed by atoms with E-state index in [0.717, 1.165) is 11.4 Å². The van der Waals surface area contributed by atoms with Gasteiger partial charge in [-0.25, -0.2) is 9.37 Å². The molecule has 0 radical (unpaired) electrons. The number of benzene rings is 1. The van der Waals surface area contributed by atoms with Gasteiger partial charge in [0, 0.05) is 24.7 Å². The van der Waals surface area contributed by atoms with Crippen molar-refractivity contribution in [1.29, 1.82) is 0 Å². The van der Waals surface area contributed by atoms with E-state index < -0.39 is 5.82 Å². The number of carbonyl (C=O) groups is 1. The highest BCUT2D eigenvalue weighted by atomic mass is 19.1. The third kappa shape index (κ3) is 2.73. The Balaban J connectivity index is 1.70. The predicted molar refractivity (Wildman–Crippen MR) is 74.5 cm³/mol. The molecule has 1 amide bonds. The molecule has 3 rings (SSSR count). The minimum absolute atomic E-state index is 0.0963. The van der Waals surface area contributed by atoms with E-state index in [0.29, 0.717) is 18.7 Å². The molecule has 0 saturated heterocycles. The number of nitrogens with zero attached hydrogens (tertiary/aromatic N) is 1. The van der Waals surface area contributed by atoms with Crippen LogP contribution in [-0.4, -0.2) is 29.0 Å². The molecule has 1 aromatic carbocycles. The summed E-state index contributed by atoms with van der Waals surface area (Å²) in [6, 6.07) is 3.85. The second-order valence-electron chi connectivity index (χ2n) is 4.80. The molecule has 3 N–H and O–H groups in total. The first-order valence-corrected chi connectivity index (χ1v) is 6.56.